The molecule has 15 nitrogen and oxygen atoms in total. The molecule has 9 N–H and O–H groups in total. The third-order valence-corrected chi connectivity index (χ3v) is 8.69. The highest BCUT2D eigenvalue weighted by Gasteiger charge is 2.64. The number of hydrogen-bond donors (Lipinski definition) is 8. The van der Waals surface area contributed by atoms with Crippen molar-refractivity contribution in [3.05, 3.63) is 63.3 Å². The number of ketones is 2. The number of nitrogens with zero attached hydrogens (tertiary/aromatic N) is 2. The van der Waals surface area contributed by atoms with Crippen molar-refractivity contribution in [1.82, 2.24) is 4.90 Å². The van der Waals surface area contributed by atoms with E-state index in [0.29, 0.717) is 16.9 Å². The number of nitroso groups, excluding NO2 is 1. The number of primary amides is 1. The molecule has 0 heterocycles. The number of nitrogens with two attached hydrogens (primary N) is 1. The highest BCUT2D eigenvalue weighted by atomic mass is 79.9. The molecular formula is C30H33BrN6O9. The van der Waals surface area contributed by atoms with Gasteiger partial charge in [-0.05, 0) is 56.6 Å². The van der Waals surface area contributed by atoms with E-state index >= 15 is 0 Å². The van der Waals surface area contributed by atoms with E-state index in [1.165, 1.54) is 49.3 Å². The van der Waals surface area contributed by atoms with E-state index in [9.17, 15) is 44.5 Å². The predicted molar refractivity (Wildman–Crippen MR) is 162 cm³/mol. The fourth-order valence-electron chi connectivity index (χ4n) is 6.69. The Bertz CT molecular complexity index is 1740. The highest BCUT2D eigenvalue weighted by molar-refractivity contribution is 6.24. The highest BCUT2D eigenvalue weighted by Crippen LogP contribution is 2.54. The number of amides is 3. The number of nitrogens with one attached hydrogen (secondary N) is 3. The topological polar surface area (TPSA) is 237 Å². The number of urea groups is 1. The zero-order valence-electron chi connectivity index (χ0n) is 25.2. The molecule has 1 saturated carbocycles. The fraction of sp³-hybridized carbons (Fsp3) is 0.333. The second kappa shape index (κ2) is 12.2. The normalized spacial score (nSPS) is 23.6. The van der Waals surface area contributed by atoms with Crippen molar-refractivity contribution in [1.29, 1.82) is 0 Å². The van der Waals surface area contributed by atoms with Crippen LogP contribution in [0, 0.1) is 16.7 Å². The van der Waals surface area contributed by atoms with E-state index in [1.54, 1.807) is 24.2 Å². The van der Waals surface area contributed by atoms with Gasteiger partial charge in [0.15, 0.2) is 17.1 Å². The van der Waals surface area contributed by atoms with Crippen LogP contribution in [-0.4, -0.2) is 88.7 Å². The maximum absolute atomic E-state index is 14.1. The zero-order valence-corrected chi connectivity index (χ0v) is 26.8. The average Bonchev–Trinajstić information content (AvgIpc) is 2.96. The molecule has 5 rings (SSSR count). The fourth-order valence-corrected chi connectivity index (χ4v) is 6.69. The molecule has 0 spiro atoms. The SMILES string of the molecule is CN(C)c1cc(NC(=O)Nc2ccc([NH+]=O)cc2)c(O)c2c1C[C@H]1C[C@H]3[C@H](N(C)C)C(=O)C(C(N)=O)=C(O)[C@@]3(O)C(=O)C1=C2O.[Br-]. The molecule has 3 aliphatic rings. The van der Waals surface area contributed by atoms with Gasteiger partial charge in [-0.3, -0.25) is 19.3 Å². The molecule has 4 atom stereocenters. The van der Waals surface area contributed by atoms with Crippen LogP contribution in [0.15, 0.2) is 47.2 Å². The number of phenols is 1. The van der Waals surface area contributed by atoms with Gasteiger partial charge >= 0.3 is 6.03 Å². The number of halogens is 1. The lowest BCUT2D eigenvalue weighted by Crippen LogP contribution is -3.00. The number of phenolic OH excluding ortho intramolecular Hbond substituents is 1. The number of hydrogen-bond acceptors (Lipinski definition) is 11. The van der Waals surface area contributed by atoms with Crippen LogP contribution in [0.2, 0.25) is 0 Å². The van der Waals surface area contributed by atoms with Gasteiger partial charge in [-0.25, -0.2) is 4.79 Å². The first-order valence-electron chi connectivity index (χ1n) is 13.9. The molecule has 0 radical (unpaired) electrons. The molecule has 0 unspecified atom stereocenters. The van der Waals surface area contributed by atoms with Crippen molar-refractivity contribution >= 4 is 52.0 Å². The van der Waals surface area contributed by atoms with Gasteiger partial charge in [-0.15, -0.1) is 0 Å². The molecule has 2 aromatic rings. The first-order chi connectivity index (χ1) is 21.1. The molecule has 1 fully saturated rings. The third-order valence-electron chi connectivity index (χ3n) is 8.69. The smallest absolute Gasteiger partial charge is 0.323 e. The number of carbonyl (C=O) groups excluding carboxylic acids is 4. The molecule has 16 heteroatoms. The number of anilines is 3. The molecule has 0 aromatic heterocycles. The Labute approximate surface area is 273 Å². The summed E-state index contributed by atoms with van der Waals surface area (Å²) in [7, 11) is 6.47. The largest absolute Gasteiger partial charge is 1.00 e. The van der Waals surface area contributed by atoms with Crippen LogP contribution < -0.4 is 43.4 Å². The van der Waals surface area contributed by atoms with Gasteiger partial charge in [0, 0.05) is 59.2 Å². The van der Waals surface area contributed by atoms with Crippen LogP contribution in [0.5, 0.6) is 5.75 Å². The van der Waals surface area contributed by atoms with Crippen molar-refractivity contribution in [3.63, 3.8) is 0 Å². The molecular weight excluding hydrogens is 668 g/mol. The molecule has 0 saturated heterocycles. The number of fused-ring (bicyclic) bond motifs is 3. The Morgan fingerprint density at radius 1 is 1.04 bits per heavy atom. The summed E-state index contributed by atoms with van der Waals surface area (Å²) in [5.41, 5.74) is 2.66. The first-order valence-corrected chi connectivity index (χ1v) is 13.9. The lowest BCUT2D eigenvalue weighted by atomic mass is 9.57. The van der Waals surface area contributed by atoms with Crippen LogP contribution in [0.1, 0.15) is 17.5 Å². The van der Waals surface area contributed by atoms with E-state index < -0.39 is 69.8 Å². The summed E-state index contributed by atoms with van der Waals surface area (Å²) in [6.07, 6.45) is 0.0324. The summed E-state index contributed by atoms with van der Waals surface area (Å²) in [5, 5.41) is 52.6. The lowest BCUT2D eigenvalue weighted by Gasteiger charge is -2.50. The number of Topliss-reactive ketones (excluding diaryl/α,β-unsaturated/α-hetero) is 2. The Morgan fingerprint density at radius 3 is 2.22 bits per heavy atom. The second-order valence-corrected chi connectivity index (χ2v) is 11.8. The summed E-state index contributed by atoms with van der Waals surface area (Å²) in [5.74, 6) is -7.67. The van der Waals surface area contributed by atoms with Crippen LogP contribution in [0.3, 0.4) is 0 Å². The number of aromatic hydroxyl groups is 1. The lowest BCUT2D eigenvalue weighted by molar-refractivity contribution is -0.379. The molecule has 3 aliphatic carbocycles. The second-order valence-electron chi connectivity index (χ2n) is 11.8. The standard InChI is InChI=1S/C30H32N6O9.BrH/c1-35(2)18-11-17(33-29(43)32-13-5-7-14(34-45)8-6-13)23(37)20-15(18)9-12-10-16-22(36(3)4)25(39)21(28(31)42)27(41)30(16,44)26(40)19(12)24(20)38;/h5-8,11-12,16,22,37-38,41,44H,9-10H2,1-4H3,(H2,31,42)(H2,32,33,43);1H/t12-,16-,22-,30-;/m0./s1. The molecule has 0 aliphatic heterocycles. The quantitative estimate of drug-likeness (QED) is 0.113. The van der Waals surface area contributed by atoms with E-state index in [-0.39, 0.29) is 52.3 Å². The Balaban J connectivity index is 0.00000480. The average molecular weight is 702 g/mol. The van der Waals surface area contributed by atoms with Crippen molar-refractivity contribution in [3.8, 4) is 5.75 Å². The number of carbonyl (C=O) groups is 4. The van der Waals surface area contributed by atoms with Crippen LogP contribution >= 0.6 is 0 Å². The zero-order chi connectivity index (χ0) is 33.1. The van der Waals surface area contributed by atoms with Crippen molar-refractivity contribution in [2.24, 2.45) is 17.6 Å². The number of benzene rings is 2. The summed E-state index contributed by atoms with van der Waals surface area (Å²) < 4.78 is 0. The first kappa shape index (κ1) is 34.1. The molecule has 46 heavy (non-hydrogen) atoms. The van der Waals surface area contributed by atoms with E-state index in [1.807, 2.05) is 0 Å². The van der Waals surface area contributed by atoms with Gasteiger partial charge in [-0.1, -0.05) is 0 Å². The third kappa shape index (κ3) is 5.17. The minimum Gasteiger partial charge on any atom is -1.00 e. The van der Waals surface area contributed by atoms with Gasteiger partial charge in [0.05, 0.1) is 17.3 Å². The monoisotopic (exact) mass is 700 g/mol. The van der Waals surface area contributed by atoms with Gasteiger partial charge in [0.2, 0.25) is 5.78 Å². The van der Waals surface area contributed by atoms with Crippen molar-refractivity contribution < 1.29 is 61.8 Å². The molecule has 0 bridgehead atoms. The number of rotatable bonds is 6. The molecule has 3 amide bonds. The number of aliphatic hydroxyl groups excluding tert-OH is 2. The van der Waals surface area contributed by atoms with Crippen molar-refractivity contribution in [2.45, 2.75) is 24.5 Å². The van der Waals surface area contributed by atoms with E-state index in [0.717, 1.165) is 0 Å². The Kier molecular flexibility index (Phi) is 9.03. The minimum atomic E-state index is -2.77. The van der Waals surface area contributed by atoms with Crippen LogP contribution in [0.4, 0.5) is 27.5 Å². The van der Waals surface area contributed by atoms with Crippen LogP contribution in [-0.2, 0) is 20.8 Å². The summed E-state index contributed by atoms with van der Waals surface area (Å²) in [6.45, 7) is 0. The minimum absolute atomic E-state index is 0. The molecule has 2 aromatic carbocycles. The van der Waals surface area contributed by atoms with Crippen LogP contribution in [0.25, 0.3) is 5.76 Å². The number of aliphatic hydroxyl groups is 3. The Morgan fingerprint density at radius 2 is 1.67 bits per heavy atom. The number of likely N-dealkylation sites (N-methyl/N-ethyl adjacent to an activating group) is 1. The van der Waals surface area contributed by atoms with Gasteiger partial charge in [-0.2, -0.15) is 0 Å². The van der Waals surface area contributed by atoms with Gasteiger partial charge < -0.3 is 58.7 Å². The summed E-state index contributed by atoms with van der Waals surface area (Å²) in [6, 6.07) is 5.40. The Hall–Kier alpha value is -4.80. The van der Waals surface area contributed by atoms with Gasteiger partial charge in [0.1, 0.15) is 17.1 Å². The van der Waals surface area contributed by atoms with Gasteiger partial charge in [0.25, 0.3) is 11.6 Å². The maximum Gasteiger partial charge on any atom is 0.323 e. The summed E-state index contributed by atoms with van der Waals surface area (Å²) in [4.78, 5) is 66.3. The predicted octanol–water partition coefficient (Wildman–Crippen LogP) is -2.84. The van der Waals surface area contributed by atoms with E-state index in [2.05, 4.69) is 10.6 Å². The molecule has 244 valence electrons. The maximum atomic E-state index is 14.1. The van der Waals surface area contributed by atoms with E-state index in [4.69, 9.17) is 5.73 Å². The van der Waals surface area contributed by atoms with Crippen molar-refractivity contribution in [2.75, 3.05) is 43.7 Å². The summed E-state index contributed by atoms with van der Waals surface area (Å²) >= 11 is 0.